The molecule has 4 nitrogen and oxygen atoms in total. The van der Waals surface area contributed by atoms with Crippen LogP contribution in [-0.4, -0.2) is 50.8 Å². The van der Waals surface area contributed by atoms with Crippen LogP contribution in [0.1, 0.15) is 13.8 Å². The van der Waals surface area contributed by atoms with E-state index in [1.165, 1.54) is 7.11 Å². The second kappa shape index (κ2) is 6.86. The Morgan fingerprint density at radius 3 is 2.62 bits per heavy atom. The summed E-state index contributed by atoms with van der Waals surface area (Å²) < 4.78 is 9.73. The standard InChI is InChI=1S/C7H13NO3.C2H6/c1-8-3-4-11-5-6(8)7(9)10-2;1-2/h6H,3-5H2,1-2H3;1-2H3. The number of hydrogen-bond donors (Lipinski definition) is 0. The molecule has 1 aliphatic rings. The predicted octanol–water partition coefficient (Wildman–Crippen LogP) is 0.516. The first-order chi connectivity index (χ1) is 6.25. The lowest BCUT2D eigenvalue weighted by atomic mass is 10.2. The molecule has 0 aliphatic carbocycles. The Balaban J connectivity index is 0.000000671. The van der Waals surface area contributed by atoms with Gasteiger partial charge in [-0.15, -0.1) is 0 Å². The van der Waals surface area contributed by atoms with Gasteiger partial charge in [0.15, 0.2) is 0 Å². The lowest BCUT2D eigenvalue weighted by molar-refractivity contribution is -0.152. The Hall–Kier alpha value is -0.610. The molecule has 1 rings (SSSR count). The normalized spacial score (nSPS) is 22.9. The molecule has 1 fully saturated rings. The van der Waals surface area contributed by atoms with Gasteiger partial charge in [0.2, 0.25) is 0 Å². The number of carbonyl (C=O) groups excluding carboxylic acids is 1. The molecule has 78 valence electrons. The summed E-state index contributed by atoms with van der Waals surface area (Å²) in [6, 6.07) is -0.214. The maximum atomic E-state index is 11.0. The summed E-state index contributed by atoms with van der Waals surface area (Å²) >= 11 is 0. The Kier molecular flexibility index (Phi) is 6.54. The van der Waals surface area contributed by atoms with Crippen LogP contribution in [0, 0.1) is 0 Å². The molecule has 1 saturated heterocycles. The van der Waals surface area contributed by atoms with Crippen molar-refractivity contribution in [3.8, 4) is 0 Å². The molecule has 0 bridgehead atoms. The van der Waals surface area contributed by atoms with Crippen molar-refractivity contribution in [1.29, 1.82) is 0 Å². The van der Waals surface area contributed by atoms with E-state index >= 15 is 0 Å². The van der Waals surface area contributed by atoms with E-state index in [1.807, 2.05) is 25.8 Å². The highest BCUT2D eigenvalue weighted by Crippen LogP contribution is 2.04. The smallest absolute Gasteiger partial charge is 0.325 e. The molecule has 0 aromatic heterocycles. The van der Waals surface area contributed by atoms with E-state index in [9.17, 15) is 4.79 Å². The predicted molar refractivity (Wildman–Crippen MR) is 50.6 cm³/mol. The van der Waals surface area contributed by atoms with Crippen molar-refractivity contribution in [2.24, 2.45) is 0 Å². The first-order valence-electron chi connectivity index (χ1n) is 4.61. The minimum absolute atomic E-state index is 0.214. The van der Waals surface area contributed by atoms with Crippen LogP contribution in [0.25, 0.3) is 0 Å². The minimum Gasteiger partial charge on any atom is -0.468 e. The number of hydrogen-bond acceptors (Lipinski definition) is 4. The molecule has 0 radical (unpaired) electrons. The van der Waals surface area contributed by atoms with E-state index in [2.05, 4.69) is 4.74 Å². The monoisotopic (exact) mass is 189 g/mol. The summed E-state index contributed by atoms with van der Waals surface area (Å²) in [6.07, 6.45) is 0. The van der Waals surface area contributed by atoms with Crippen molar-refractivity contribution in [2.75, 3.05) is 33.9 Å². The Labute approximate surface area is 79.8 Å². The van der Waals surface area contributed by atoms with Crippen LogP contribution in [-0.2, 0) is 14.3 Å². The van der Waals surface area contributed by atoms with Crippen LogP contribution in [0.2, 0.25) is 0 Å². The highest BCUT2D eigenvalue weighted by atomic mass is 16.5. The maximum Gasteiger partial charge on any atom is 0.325 e. The Morgan fingerprint density at radius 1 is 1.54 bits per heavy atom. The SMILES string of the molecule is CC.COC(=O)C1COCCN1C. The topological polar surface area (TPSA) is 38.8 Å². The number of morpholine rings is 1. The molecular weight excluding hydrogens is 170 g/mol. The molecule has 1 unspecified atom stereocenters. The number of rotatable bonds is 1. The number of carbonyl (C=O) groups is 1. The van der Waals surface area contributed by atoms with Crippen molar-refractivity contribution < 1.29 is 14.3 Å². The van der Waals surface area contributed by atoms with Gasteiger partial charge in [0.05, 0.1) is 20.3 Å². The lowest BCUT2D eigenvalue weighted by Crippen LogP contribution is -2.48. The van der Waals surface area contributed by atoms with Gasteiger partial charge >= 0.3 is 5.97 Å². The van der Waals surface area contributed by atoms with Crippen molar-refractivity contribution >= 4 is 5.97 Å². The van der Waals surface area contributed by atoms with Gasteiger partial charge in [-0.3, -0.25) is 9.69 Å². The highest BCUT2D eigenvalue weighted by molar-refractivity contribution is 5.75. The third-order valence-corrected chi connectivity index (χ3v) is 1.87. The molecule has 1 aliphatic heterocycles. The Bertz CT molecular complexity index is 150. The number of ether oxygens (including phenoxy) is 2. The van der Waals surface area contributed by atoms with Gasteiger partial charge in [0.1, 0.15) is 6.04 Å². The van der Waals surface area contributed by atoms with E-state index in [0.717, 1.165) is 6.54 Å². The number of nitrogens with zero attached hydrogens (tertiary/aromatic N) is 1. The van der Waals surface area contributed by atoms with E-state index in [-0.39, 0.29) is 12.0 Å². The van der Waals surface area contributed by atoms with Crippen LogP contribution in [0.5, 0.6) is 0 Å². The molecule has 1 atom stereocenters. The van der Waals surface area contributed by atoms with Gasteiger partial charge in [0.25, 0.3) is 0 Å². The average molecular weight is 189 g/mol. The van der Waals surface area contributed by atoms with Gasteiger partial charge in [-0.05, 0) is 7.05 Å². The molecule has 0 aromatic rings. The van der Waals surface area contributed by atoms with Crippen molar-refractivity contribution in [3.63, 3.8) is 0 Å². The largest absolute Gasteiger partial charge is 0.468 e. The quantitative estimate of drug-likeness (QED) is 0.564. The van der Waals surface area contributed by atoms with Crippen molar-refractivity contribution in [3.05, 3.63) is 0 Å². The lowest BCUT2D eigenvalue weighted by Gasteiger charge is -2.29. The van der Waals surface area contributed by atoms with Crippen LogP contribution in [0.4, 0.5) is 0 Å². The third kappa shape index (κ3) is 3.74. The summed E-state index contributed by atoms with van der Waals surface area (Å²) in [4.78, 5) is 13.0. The zero-order chi connectivity index (χ0) is 10.3. The molecule has 4 heteroatoms. The average Bonchev–Trinajstić information content (AvgIpc) is 2.20. The molecule has 13 heavy (non-hydrogen) atoms. The number of esters is 1. The summed E-state index contributed by atoms with van der Waals surface area (Å²) in [5, 5.41) is 0. The van der Waals surface area contributed by atoms with E-state index in [0.29, 0.717) is 13.2 Å². The first kappa shape index (κ1) is 12.4. The fraction of sp³-hybridized carbons (Fsp3) is 0.889. The third-order valence-electron chi connectivity index (χ3n) is 1.87. The summed E-state index contributed by atoms with van der Waals surface area (Å²) in [7, 11) is 3.29. The van der Waals surface area contributed by atoms with Gasteiger partial charge in [0, 0.05) is 6.54 Å². The number of likely N-dealkylation sites (N-methyl/N-ethyl adjacent to an activating group) is 1. The molecular formula is C9H19NO3. The van der Waals surface area contributed by atoms with Crippen LogP contribution >= 0.6 is 0 Å². The molecule has 0 saturated carbocycles. The first-order valence-corrected chi connectivity index (χ1v) is 4.61. The van der Waals surface area contributed by atoms with E-state index < -0.39 is 0 Å². The van der Waals surface area contributed by atoms with E-state index in [4.69, 9.17) is 4.74 Å². The maximum absolute atomic E-state index is 11.0. The van der Waals surface area contributed by atoms with Crippen LogP contribution in [0.3, 0.4) is 0 Å². The van der Waals surface area contributed by atoms with E-state index in [1.54, 1.807) is 0 Å². The zero-order valence-electron chi connectivity index (χ0n) is 8.87. The summed E-state index contributed by atoms with van der Waals surface area (Å²) in [5.41, 5.74) is 0. The molecule has 0 spiro atoms. The Morgan fingerprint density at radius 2 is 2.15 bits per heavy atom. The van der Waals surface area contributed by atoms with Gasteiger partial charge < -0.3 is 9.47 Å². The summed E-state index contributed by atoms with van der Waals surface area (Å²) in [5.74, 6) is -0.216. The fourth-order valence-electron chi connectivity index (χ4n) is 1.07. The van der Waals surface area contributed by atoms with Gasteiger partial charge in [-0.2, -0.15) is 0 Å². The fourth-order valence-corrected chi connectivity index (χ4v) is 1.07. The van der Waals surface area contributed by atoms with Crippen molar-refractivity contribution in [2.45, 2.75) is 19.9 Å². The molecule has 0 amide bonds. The molecule has 0 aromatic carbocycles. The molecule has 0 N–H and O–H groups in total. The second-order valence-electron chi connectivity index (χ2n) is 2.59. The zero-order valence-corrected chi connectivity index (χ0v) is 8.87. The minimum atomic E-state index is -0.216. The van der Waals surface area contributed by atoms with Gasteiger partial charge in [-0.25, -0.2) is 0 Å². The second-order valence-corrected chi connectivity index (χ2v) is 2.59. The highest BCUT2D eigenvalue weighted by Gasteiger charge is 2.26. The van der Waals surface area contributed by atoms with Crippen molar-refractivity contribution in [1.82, 2.24) is 4.90 Å². The van der Waals surface area contributed by atoms with Gasteiger partial charge in [-0.1, -0.05) is 13.8 Å². The number of methoxy groups -OCH3 is 1. The van der Waals surface area contributed by atoms with Crippen LogP contribution < -0.4 is 0 Å². The summed E-state index contributed by atoms with van der Waals surface area (Å²) in [6.45, 7) is 5.94. The van der Waals surface area contributed by atoms with Crippen LogP contribution in [0.15, 0.2) is 0 Å². The molecule has 1 heterocycles.